The second kappa shape index (κ2) is 6.23. The van der Waals surface area contributed by atoms with Crippen LogP contribution in [0.2, 0.25) is 0 Å². The van der Waals surface area contributed by atoms with Crippen LogP contribution in [0.15, 0.2) is 47.4 Å². The van der Waals surface area contributed by atoms with Crippen LogP contribution in [0.25, 0.3) is 0 Å². The molecule has 0 N–H and O–H groups in total. The molecule has 1 nitrogen and oxygen atoms in total. The van der Waals surface area contributed by atoms with E-state index in [0.29, 0.717) is 5.25 Å². The molecule has 1 unspecified atom stereocenters. The highest BCUT2D eigenvalue weighted by Gasteiger charge is 2.22. The van der Waals surface area contributed by atoms with E-state index in [1.165, 1.54) is 21.6 Å². The summed E-state index contributed by atoms with van der Waals surface area (Å²) in [7, 11) is 0. The van der Waals surface area contributed by atoms with E-state index in [1.54, 1.807) is 0 Å². The third-order valence-corrected chi connectivity index (χ3v) is 5.39. The molecule has 0 saturated heterocycles. The Bertz CT molecular complexity index is 587. The topological polar surface area (TPSA) is 9.23 Å². The van der Waals surface area contributed by atoms with E-state index in [4.69, 9.17) is 4.74 Å². The largest absolute Gasteiger partial charge is 0.492 e. The Hall–Kier alpha value is -0.930. The van der Waals surface area contributed by atoms with Crippen molar-refractivity contribution in [2.75, 3.05) is 6.61 Å². The molecule has 1 aliphatic rings. The fourth-order valence-electron chi connectivity index (χ4n) is 2.48. The van der Waals surface area contributed by atoms with Gasteiger partial charge < -0.3 is 4.74 Å². The first-order chi connectivity index (χ1) is 9.76. The number of fused-ring (bicyclic) bond motifs is 1. The number of ether oxygens (including phenoxy) is 1. The molecule has 3 rings (SSSR count). The van der Waals surface area contributed by atoms with Crippen LogP contribution in [0.3, 0.4) is 0 Å². The molecule has 3 heteroatoms. The van der Waals surface area contributed by atoms with Crippen molar-refractivity contribution < 1.29 is 4.74 Å². The van der Waals surface area contributed by atoms with Crippen LogP contribution >= 0.6 is 27.7 Å². The molecule has 20 heavy (non-hydrogen) atoms. The summed E-state index contributed by atoms with van der Waals surface area (Å²) in [4.78, 5) is 1.41. The fourth-order valence-corrected chi connectivity index (χ4v) is 4.14. The van der Waals surface area contributed by atoms with Gasteiger partial charge >= 0.3 is 0 Å². The summed E-state index contributed by atoms with van der Waals surface area (Å²) in [5.41, 5.74) is 3.95. The maximum absolute atomic E-state index is 6.05. The minimum Gasteiger partial charge on any atom is -0.492 e. The van der Waals surface area contributed by atoms with Gasteiger partial charge in [-0.1, -0.05) is 51.8 Å². The number of hydrogen-bond acceptors (Lipinski definition) is 2. The van der Waals surface area contributed by atoms with E-state index in [2.05, 4.69) is 65.3 Å². The third kappa shape index (κ3) is 3.04. The van der Waals surface area contributed by atoms with Gasteiger partial charge in [0.1, 0.15) is 12.4 Å². The SMILES string of the molecule is Cc1ccc(OCC2Cc3ccccc3S2)c(CBr)c1. The molecular formula is C17H17BrOS. The average molecular weight is 349 g/mol. The van der Waals surface area contributed by atoms with Crippen LogP contribution in [0, 0.1) is 6.92 Å². The number of thioether (sulfide) groups is 1. The van der Waals surface area contributed by atoms with Gasteiger partial charge in [0, 0.05) is 21.0 Å². The van der Waals surface area contributed by atoms with Crippen LogP contribution in [-0.2, 0) is 11.8 Å². The summed E-state index contributed by atoms with van der Waals surface area (Å²) in [5.74, 6) is 1.00. The minimum atomic E-state index is 0.525. The van der Waals surface area contributed by atoms with E-state index in [-0.39, 0.29) is 0 Å². The predicted molar refractivity (Wildman–Crippen MR) is 89.1 cm³/mol. The molecule has 0 spiro atoms. The minimum absolute atomic E-state index is 0.525. The van der Waals surface area contributed by atoms with Crippen LogP contribution in [-0.4, -0.2) is 11.9 Å². The van der Waals surface area contributed by atoms with Gasteiger partial charge in [0.2, 0.25) is 0 Å². The number of rotatable bonds is 4. The first kappa shape index (κ1) is 14.0. The van der Waals surface area contributed by atoms with E-state index >= 15 is 0 Å². The number of benzene rings is 2. The van der Waals surface area contributed by atoms with Gasteiger partial charge in [-0.25, -0.2) is 0 Å². The van der Waals surface area contributed by atoms with Crippen molar-refractivity contribution in [3.63, 3.8) is 0 Å². The molecule has 1 aliphatic heterocycles. The zero-order valence-electron chi connectivity index (χ0n) is 11.4. The average Bonchev–Trinajstić information content (AvgIpc) is 2.88. The smallest absolute Gasteiger partial charge is 0.123 e. The van der Waals surface area contributed by atoms with Crippen molar-refractivity contribution in [2.24, 2.45) is 0 Å². The number of hydrogen-bond donors (Lipinski definition) is 0. The summed E-state index contributed by atoms with van der Waals surface area (Å²) in [5, 5.41) is 1.36. The zero-order valence-corrected chi connectivity index (χ0v) is 13.8. The van der Waals surface area contributed by atoms with Gasteiger partial charge in [-0.3, -0.25) is 0 Å². The van der Waals surface area contributed by atoms with E-state index in [0.717, 1.165) is 24.1 Å². The van der Waals surface area contributed by atoms with Crippen molar-refractivity contribution in [3.8, 4) is 5.75 Å². The summed E-state index contributed by atoms with van der Waals surface area (Å²) < 4.78 is 6.05. The molecule has 0 aromatic heterocycles. The molecule has 1 atom stereocenters. The molecule has 0 radical (unpaired) electrons. The zero-order chi connectivity index (χ0) is 13.9. The Balaban J connectivity index is 1.64. The van der Waals surface area contributed by atoms with E-state index in [9.17, 15) is 0 Å². The summed E-state index contributed by atoms with van der Waals surface area (Å²) in [6.45, 7) is 2.88. The lowest BCUT2D eigenvalue weighted by Gasteiger charge is -2.14. The van der Waals surface area contributed by atoms with Crippen LogP contribution in [0.1, 0.15) is 16.7 Å². The van der Waals surface area contributed by atoms with E-state index < -0.39 is 0 Å². The highest BCUT2D eigenvalue weighted by molar-refractivity contribution is 9.08. The quantitative estimate of drug-likeness (QED) is 0.720. The molecule has 104 valence electrons. The molecule has 2 aromatic carbocycles. The third-order valence-electron chi connectivity index (χ3n) is 3.50. The van der Waals surface area contributed by atoms with Gasteiger partial charge in [-0.15, -0.1) is 11.8 Å². The molecule has 2 aromatic rings. The van der Waals surface area contributed by atoms with Crippen LogP contribution in [0.5, 0.6) is 5.75 Å². The van der Waals surface area contributed by atoms with Gasteiger partial charge in [0.05, 0.1) is 0 Å². The summed E-state index contributed by atoms with van der Waals surface area (Å²) >= 11 is 5.47. The Kier molecular flexibility index (Phi) is 4.37. The first-order valence-electron chi connectivity index (χ1n) is 6.79. The Morgan fingerprint density at radius 3 is 2.90 bits per heavy atom. The van der Waals surface area contributed by atoms with Crippen molar-refractivity contribution in [1.82, 2.24) is 0 Å². The number of aryl methyl sites for hydroxylation is 1. The lowest BCUT2D eigenvalue weighted by atomic mass is 10.1. The first-order valence-corrected chi connectivity index (χ1v) is 8.79. The lowest BCUT2D eigenvalue weighted by Crippen LogP contribution is -2.14. The van der Waals surface area contributed by atoms with Crippen molar-refractivity contribution in [2.45, 2.75) is 28.8 Å². The Labute approximate surface area is 132 Å². The van der Waals surface area contributed by atoms with Gasteiger partial charge in [0.25, 0.3) is 0 Å². The maximum Gasteiger partial charge on any atom is 0.123 e. The predicted octanol–water partition coefficient (Wildman–Crippen LogP) is 4.99. The fraction of sp³-hybridized carbons (Fsp3) is 0.294. The second-order valence-corrected chi connectivity index (χ2v) is 7.01. The van der Waals surface area contributed by atoms with Crippen molar-refractivity contribution in [1.29, 1.82) is 0 Å². The number of alkyl halides is 1. The second-order valence-electron chi connectivity index (χ2n) is 5.11. The lowest BCUT2D eigenvalue weighted by molar-refractivity contribution is 0.315. The van der Waals surface area contributed by atoms with Crippen molar-refractivity contribution in [3.05, 3.63) is 59.2 Å². The number of halogens is 1. The van der Waals surface area contributed by atoms with Gasteiger partial charge in [0.15, 0.2) is 0 Å². The van der Waals surface area contributed by atoms with Gasteiger partial charge in [-0.05, 0) is 31.0 Å². The summed E-state index contributed by atoms with van der Waals surface area (Å²) in [6, 6.07) is 15.0. The standard InChI is InChI=1S/C17H17BrOS/c1-12-6-7-16(14(8-12)10-18)19-11-15-9-13-4-2-3-5-17(13)20-15/h2-8,15H,9-11H2,1H3. The molecule has 1 heterocycles. The van der Waals surface area contributed by atoms with Crippen LogP contribution < -0.4 is 4.74 Å². The maximum atomic E-state index is 6.05. The highest BCUT2D eigenvalue weighted by atomic mass is 79.9. The normalized spacial score (nSPS) is 17.0. The molecular weight excluding hydrogens is 332 g/mol. The van der Waals surface area contributed by atoms with Crippen molar-refractivity contribution >= 4 is 27.7 Å². The Morgan fingerprint density at radius 1 is 1.25 bits per heavy atom. The molecule has 0 amide bonds. The summed E-state index contributed by atoms with van der Waals surface area (Å²) in [6.07, 6.45) is 1.11. The molecule has 0 saturated carbocycles. The molecule has 0 aliphatic carbocycles. The van der Waals surface area contributed by atoms with E-state index in [1.807, 2.05) is 11.8 Å². The molecule has 0 fully saturated rings. The van der Waals surface area contributed by atoms with Gasteiger partial charge in [-0.2, -0.15) is 0 Å². The Morgan fingerprint density at radius 2 is 2.10 bits per heavy atom. The molecule has 0 bridgehead atoms. The highest BCUT2D eigenvalue weighted by Crippen LogP contribution is 2.37. The monoisotopic (exact) mass is 348 g/mol. The van der Waals surface area contributed by atoms with Crippen LogP contribution in [0.4, 0.5) is 0 Å².